The van der Waals surface area contributed by atoms with Gasteiger partial charge in [0.25, 0.3) is 0 Å². The largest absolute Gasteiger partial charge is 0.337 e. The quantitative estimate of drug-likeness (QED) is 0.538. The minimum Gasteiger partial charge on any atom is -0.337 e. The Morgan fingerprint density at radius 2 is 1.69 bits per heavy atom. The molecule has 0 fully saturated rings. The van der Waals surface area contributed by atoms with Crippen molar-refractivity contribution in [2.45, 2.75) is 13.8 Å². The molecular weight excluding hydrogens is 323 g/mol. The maximum absolute atomic E-state index is 13.3. The third-order valence-electron chi connectivity index (χ3n) is 4.08. The molecule has 1 aromatic heterocycles. The van der Waals surface area contributed by atoms with Crippen molar-refractivity contribution in [2.24, 2.45) is 0 Å². The van der Waals surface area contributed by atoms with E-state index in [0.29, 0.717) is 0 Å². The fraction of sp³-hybridized carbons (Fsp3) is 0.0870. The number of imidazole rings is 1. The lowest BCUT2D eigenvalue weighted by molar-refractivity contribution is 0.628. The van der Waals surface area contributed by atoms with Gasteiger partial charge in [0.15, 0.2) is 0 Å². The van der Waals surface area contributed by atoms with Crippen LogP contribution in [0.4, 0.5) is 4.39 Å². The smallest absolute Gasteiger partial charge is 0.138 e. The number of aromatic nitrogens is 2. The van der Waals surface area contributed by atoms with Crippen LogP contribution in [-0.4, -0.2) is 9.97 Å². The molecule has 2 aromatic carbocycles. The van der Waals surface area contributed by atoms with Gasteiger partial charge in [-0.25, -0.2) is 9.37 Å². The average molecular weight is 344 g/mol. The minimum absolute atomic E-state index is 0.264. The molecule has 0 bridgehead atoms. The summed E-state index contributed by atoms with van der Waals surface area (Å²) >= 11 is 0. The van der Waals surface area contributed by atoms with E-state index in [2.05, 4.69) is 30.6 Å². The first-order valence-electron chi connectivity index (χ1n) is 8.51. The maximum Gasteiger partial charge on any atom is 0.138 e. The number of nitrogens with zero attached hydrogens (tertiary/aromatic N) is 1. The predicted octanol–water partition coefficient (Wildman–Crippen LogP) is 6.34. The molecule has 0 unspecified atom stereocenters. The topological polar surface area (TPSA) is 28.7 Å². The molecule has 0 aliphatic rings. The molecule has 0 spiro atoms. The van der Waals surface area contributed by atoms with Crippen LogP contribution in [0.3, 0.4) is 0 Å². The summed E-state index contributed by atoms with van der Waals surface area (Å²) in [5, 5.41) is 0. The fourth-order valence-corrected chi connectivity index (χ4v) is 2.78. The maximum atomic E-state index is 13.3. The van der Waals surface area contributed by atoms with Crippen LogP contribution in [0.25, 0.3) is 28.2 Å². The monoisotopic (exact) mass is 344 g/mol. The van der Waals surface area contributed by atoms with E-state index in [4.69, 9.17) is 4.98 Å². The standard InChI is InChI=1S/C23H21FN2/c1-4-6-17(7-5-2)21-22(18-12-14-20(24)15-13-18)26-23(25-21)19-10-8-16(3)9-11-19/h4-15H,1H2,2-3H3,(H,25,26)/b7-5-,17-6+. The van der Waals surface area contributed by atoms with Gasteiger partial charge in [-0.2, -0.15) is 0 Å². The van der Waals surface area contributed by atoms with E-state index < -0.39 is 0 Å². The second-order valence-corrected chi connectivity index (χ2v) is 6.04. The number of nitrogens with one attached hydrogen (secondary N) is 1. The molecule has 3 aromatic rings. The van der Waals surface area contributed by atoms with E-state index in [1.165, 1.54) is 17.7 Å². The number of hydrogen-bond donors (Lipinski definition) is 1. The molecular formula is C23H21FN2. The summed E-state index contributed by atoms with van der Waals surface area (Å²) in [6.07, 6.45) is 7.65. The molecule has 1 heterocycles. The molecule has 0 aliphatic carbocycles. The first-order chi connectivity index (χ1) is 12.6. The Kier molecular flexibility index (Phi) is 5.28. The van der Waals surface area contributed by atoms with E-state index in [9.17, 15) is 4.39 Å². The highest BCUT2D eigenvalue weighted by Gasteiger charge is 2.15. The van der Waals surface area contributed by atoms with Gasteiger partial charge in [0.05, 0.1) is 11.4 Å². The van der Waals surface area contributed by atoms with Gasteiger partial charge in [-0.15, -0.1) is 0 Å². The Balaban J connectivity index is 2.19. The molecule has 0 atom stereocenters. The zero-order valence-electron chi connectivity index (χ0n) is 15.0. The molecule has 0 radical (unpaired) electrons. The van der Waals surface area contributed by atoms with E-state index in [1.54, 1.807) is 18.2 Å². The van der Waals surface area contributed by atoms with Gasteiger partial charge < -0.3 is 4.98 Å². The van der Waals surface area contributed by atoms with Crippen LogP contribution in [-0.2, 0) is 0 Å². The molecule has 2 nitrogen and oxygen atoms in total. The van der Waals surface area contributed by atoms with Gasteiger partial charge in [0.2, 0.25) is 0 Å². The molecule has 0 saturated heterocycles. The average Bonchev–Trinajstić information content (AvgIpc) is 3.08. The number of H-pyrrole nitrogens is 1. The van der Waals surface area contributed by atoms with Crippen molar-refractivity contribution >= 4 is 5.57 Å². The summed E-state index contributed by atoms with van der Waals surface area (Å²) in [5.41, 5.74) is 5.68. The van der Waals surface area contributed by atoms with Crippen LogP contribution in [0.15, 0.2) is 79.4 Å². The number of halogens is 1. The van der Waals surface area contributed by atoms with Crippen LogP contribution in [0.5, 0.6) is 0 Å². The Morgan fingerprint density at radius 3 is 2.31 bits per heavy atom. The van der Waals surface area contributed by atoms with E-state index in [0.717, 1.165) is 33.9 Å². The highest BCUT2D eigenvalue weighted by molar-refractivity contribution is 5.84. The van der Waals surface area contributed by atoms with E-state index >= 15 is 0 Å². The van der Waals surface area contributed by atoms with Crippen LogP contribution < -0.4 is 0 Å². The summed E-state index contributed by atoms with van der Waals surface area (Å²) in [6, 6.07) is 14.6. The summed E-state index contributed by atoms with van der Waals surface area (Å²) in [7, 11) is 0. The van der Waals surface area contributed by atoms with Gasteiger partial charge in [-0.1, -0.05) is 60.7 Å². The number of allylic oxidation sites excluding steroid dienone is 5. The molecule has 0 saturated carbocycles. The summed E-state index contributed by atoms with van der Waals surface area (Å²) in [4.78, 5) is 8.24. The molecule has 3 heteroatoms. The SMILES string of the molecule is C=C/C=C(\C=C/C)c1[nH]c(-c2ccc(C)cc2)nc1-c1ccc(F)cc1. The van der Waals surface area contributed by atoms with Crippen molar-refractivity contribution < 1.29 is 4.39 Å². The Morgan fingerprint density at radius 1 is 1.04 bits per heavy atom. The van der Waals surface area contributed by atoms with Gasteiger partial charge in [-0.3, -0.25) is 0 Å². The molecule has 130 valence electrons. The van der Waals surface area contributed by atoms with Gasteiger partial charge in [-0.05, 0) is 43.7 Å². The van der Waals surface area contributed by atoms with Crippen molar-refractivity contribution in [2.75, 3.05) is 0 Å². The Hall–Kier alpha value is -3.20. The number of benzene rings is 2. The van der Waals surface area contributed by atoms with Crippen molar-refractivity contribution in [1.29, 1.82) is 0 Å². The third kappa shape index (κ3) is 3.72. The van der Waals surface area contributed by atoms with Gasteiger partial charge >= 0.3 is 0 Å². The van der Waals surface area contributed by atoms with Crippen LogP contribution in [0, 0.1) is 12.7 Å². The lowest BCUT2D eigenvalue weighted by atomic mass is 10.0. The lowest BCUT2D eigenvalue weighted by Crippen LogP contribution is -1.87. The molecule has 0 aliphatic heterocycles. The zero-order valence-corrected chi connectivity index (χ0v) is 15.0. The Labute approximate surface area is 153 Å². The predicted molar refractivity (Wildman–Crippen MR) is 107 cm³/mol. The van der Waals surface area contributed by atoms with Gasteiger partial charge in [0, 0.05) is 11.1 Å². The highest BCUT2D eigenvalue weighted by Crippen LogP contribution is 2.31. The fourth-order valence-electron chi connectivity index (χ4n) is 2.78. The van der Waals surface area contributed by atoms with Crippen LogP contribution in [0.1, 0.15) is 18.2 Å². The third-order valence-corrected chi connectivity index (χ3v) is 4.08. The van der Waals surface area contributed by atoms with Crippen molar-refractivity contribution in [1.82, 2.24) is 9.97 Å². The number of rotatable bonds is 5. The molecule has 26 heavy (non-hydrogen) atoms. The van der Waals surface area contributed by atoms with E-state index in [1.807, 2.05) is 37.3 Å². The normalized spacial score (nSPS) is 11.9. The van der Waals surface area contributed by atoms with Crippen molar-refractivity contribution in [3.05, 3.63) is 96.5 Å². The van der Waals surface area contributed by atoms with Crippen LogP contribution in [0.2, 0.25) is 0 Å². The zero-order chi connectivity index (χ0) is 18.5. The second-order valence-electron chi connectivity index (χ2n) is 6.04. The van der Waals surface area contributed by atoms with Crippen molar-refractivity contribution in [3.63, 3.8) is 0 Å². The highest BCUT2D eigenvalue weighted by atomic mass is 19.1. The molecule has 3 rings (SSSR count). The minimum atomic E-state index is -0.264. The lowest BCUT2D eigenvalue weighted by Gasteiger charge is -2.04. The molecule has 0 amide bonds. The number of aryl methyl sites for hydroxylation is 1. The summed E-state index contributed by atoms with van der Waals surface area (Å²) in [6.45, 7) is 7.82. The first kappa shape index (κ1) is 17.6. The van der Waals surface area contributed by atoms with Gasteiger partial charge in [0.1, 0.15) is 11.6 Å². The number of aromatic amines is 1. The van der Waals surface area contributed by atoms with Crippen molar-refractivity contribution in [3.8, 4) is 22.6 Å². The first-order valence-corrected chi connectivity index (χ1v) is 8.51. The number of hydrogen-bond acceptors (Lipinski definition) is 1. The summed E-state index contributed by atoms with van der Waals surface area (Å²) < 4.78 is 13.3. The Bertz CT molecular complexity index is 958. The van der Waals surface area contributed by atoms with Crippen LogP contribution >= 0.6 is 0 Å². The second kappa shape index (κ2) is 7.79. The van der Waals surface area contributed by atoms with E-state index in [-0.39, 0.29) is 5.82 Å². The molecule has 1 N–H and O–H groups in total. The summed E-state index contributed by atoms with van der Waals surface area (Å²) in [5.74, 6) is 0.513.